The van der Waals surface area contributed by atoms with Crippen molar-refractivity contribution in [2.75, 3.05) is 14.2 Å². The fraction of sp³-hybridized carbons (Fsp3) is 0.241. The Morgan fingerprint density at radius 1 is 0.889 bits per heavy atom. The second kappa shape index (κ2) is 10.6. The number of aliphatic hydroxyl groups is 1. The van der Waals surface area contributed by atoms with Crippen LogP contribution in [-0.2, 0) is 16.1 Å². The van der Waals surface area contributed by atoms with Crippen molar-refractivity contribution in [3.8, 4) is 17.2 Å². The van der Waals surface area contributed by atoms with Crippen molar-refractivity contribution in [1.82, 2.24) is 4.90 Å². The highest BCUT2D eigenvalue weighted by Gasteiger charge is 2.46. The van der Waals surface area contributed by atoms with Gasteiger partial charge < -0.3 is 24.2 Å². The van der Waals surface area contributed by atoms with Crippen LogP contribution in [0.5, 0.6) is 17.2 Å². The summed E-state index contributed by atoms with van der Waals surface area (Å²) in [7, 11) is 3.07. The molecule has 0 aromatic heterocycles. The number of methoxy groups -OCH3 is 2. The molecule has 7 nitrogen and oxygen atoms in total. The summed E-state index contributed by atoms with van der Waals surface area (Å²) in [4.78, 5) is 28.1. The monoisotopic (exact) mass is 487 g/mol. The number of benzene rings is 3. The number of amides is 1. The van der Waals surface area contributed by atoms with Crippen molar-refractivity contribution in [2.24, 2.45) is 0 Å². The van der Waals surface area contributed by atoms with E-state index < -0.39 is 17.7 Å². The summed E-state index contributed by atoms with van der Waals surface area (Å²) < 4.78 is 16.4. The van der Waals surface area contributed by atoms with E-state index in [0.717, 1.165) is 11.3 Å². The van der Waals surface area contributed by atoms with Gasteiger partial charge >= 0.3 is 0 Å². The molecule has 0 saturated carbocycles. The molecule has 7 heteroatoms. The predicted molar refractivity (Wildman–Crippen MR) is 136 cm³/mol. The zero-order valence-electron chi connectivity index (χ0n) is 20.7. The topological polar surface area (TPSA) is 85.3 Å². The number of ether oxygens (including phenoxy) is 3. The molecule has 0 aliphatic carbocycles. The standard InChI is InChI=1S/C29H29NO6/c1-18(2)36-22-13-11-19(12-14-22)17-30-26(20-7-5-9-23(15-20)34-3)25(28(32)29(30)33)27(31)21-8-6-10-24(16-21)35-4/h5-16,18,26,31H,17H2,1-4H3/b27-25-. The van der Waals surface area contributed by atoms with Crippen LogP contribution in [0.1, 0.15) is 36.6 Å². The lowest BCUT2D eigenvalue weighted by molar-refractivity contribution is -0.140. The van der Waals surface area contributed by atoms with Gasteiger partial charge in [-0.05, 0) is 61.4 Å². The molecule has 1 amide bonds. The molecular weight excluding hydrogens is 458 g/mol. The number of ketones is 1. The second-order valence-electron chi connectivity index (χ2n) is 8.75. The molecule has 36 heavy (non-hydrogen) atoms. The first-order chi connectivity index (χ1) is 17.3. The first-order valence-electron chi connectivity index (χ1n) is 11.6. The van der Waals surface area contributed by atoms with E-state index in [9.17, 15) is 14.7 Å². The molecule has 1 aliphatic rings. The van der Waals surface area contributed by atoms with E-state index in [1.807, 2.05) is 44.2 Å². The van der Waals surface area contributed by atoms with Gasteiger partial charge in [0, 0.05) is 12.1 Å². The van der Waals surface area contributed by atoms with E-state index in [1.54, 1.807) is 49.6 Å². The Hall–Kier alpha value is -4.26. The van der Waals surface area contributed by atoms with E-state index in [2.05, 4.69) is 0 Å². The molecule has 1 saturated heterocycles. The first-order valence-corrected chi connectivity index (χ1v) is 11.6. The zero-order valence-corrected chi connectivity index (χ0v) is 20.7. The van der Waals surface area contributed by atoms with Gasteiger partial charge in [-0.3, -0.25) is 9.59 Å². The molecule has 3 aromatic rings. The van der Waals surface area contributed by atoms with Gasteiger partial charge in [0.15, 0.2) is 0 Å². The maximum atomic E-state index is 13.3. The minimum atomic E-state index is -0.808. The van der Waals surface area contributed by atoms with Crippen LogP contribution in [0.3, 0.4) is 0 Å². The van der Waals surface area contributed by atoms with Gasteiger partial charge in [-0.2, -0.15) is 0 Å². The van der Waals surface area contributed by atoms with Gasteiger partial charge in [0.05, 0.1) is 31.9 Å². The average molecular weight is 488 g/mol. The highest BCUT2D eigenvalue weighted by molar-refractivity contribution is 6.46. The maximum Gasteiger partial charge on any atom is 0.295 e. The summed E-state index contributed by atoms with van der Waals surface area (Å²) in [5, 5.41) is 11.3. The normalized spacial score (nSPS) is 16.9. The minimum absolute atomic E-state index is 0.0151. The number of rotatable bonds is 8. The molecule has 1 N–H and O–H groups in total. The fourth-order valence-electron chi connectivity index (χ4n) is 4.27. The van der Waals surface area contributed by atoms with E-state index in [0.29, 0.717) is 22.6 Å². The van der Waals surface area contributed by atoms with Crippen LogP contribution in [0.15, 0.2) is 78.4 Å². The molecular formula is C29H29NO6. The molecule has 1 aliphatic heterocycles. The van der Waals surface area contributed by atoms with E-state index in [1.165, 1.54) is 12.0 Å². The number of Topliss-reactive ketones (excluding diaryl/α,β-unsaturated/α-hetero) is 1. The van der Waals surface area contributed by atoms with Gasteiger partial charge in [0.25, 0.3) is 11.7 Å². The first kappa shape index (κ1) is 24.9. The second-order valence-corrected chi connectivity index (χ2v) is 8.75. The van der Waals surface area contributed by atoms with Crippen LogP contribution in [0.4, 0.5) is 0 Å². The summed E-state index contributed by atoms with van der Waals surface area (Å²) >= 11 is 0. The summed E-state index contributed by atoms with van der Waals surface area (Å²) in [5.41, 5.74) is 1.87. The van der Waals surface area contributed by atoms with E-state index >= 15 is 0 Å². The van der Waals surface area contributed by atoms with Crippen molar-refractivity contribution in [1.29, 1.82) is 0 Å². The summed E-state index contributed by atoms with van der Waals surface area (Å²) in [6.45, 7) is 4.07. The van der Waals surface area contributed by atoms with Crippen LogP contribution >= 0.6 is 0 Å². The van der Waals surface area contributed by atoms with Crippen LogP contribution in [-0.4, -0.2) is 42.0 Å². The SMILES string of the molecule is COc1cccc(/C(O)=C2/C(=O)C(=O)N(Cc3ccc(OC(C)C)cc3)C2c2cccc(OC)c2)c1. The van der Waals surface area contributed by atoms with Crippen molar-refractivity contribution in [2.45, 2.75) is 32.5 Å². The molecule has 3 aromatic carbocycles. The van der Waals surface area contributed by atoms with Crippen LogP contribution in [0.2, 0.25) is 0 Å². The largest absolute Gasteiger partial charge is 0.507 e. The lowest BCUT2D eigenvalue weighted by atomic mass is 9.95. The maximum absolute atomic E-state index is 13.3. The Morgan fingerprint density at radius 3 is 2.17 bits per heavy atom. The third kappa shape index (κ3) is 5.05. The third-order valence-electron chi connectivity index (χ3n) is 5.94. The number of likely N-dealkylation sites (tertiary alicyclic amines) is 1. The number of carbonyl (C=O) groups is 2. The molecule has 1 heterocycles. The lowest BCUT2D eigenvalue weighted by Crippen LogP contribution is -2.29. The highest BCUT2D eigenvalue weighted by atomic mass is 16.5. The highest BCUT2D eigenvalue weighted by Crippen LogP contribution is 2.41. The Bertz CT molecular complexity index is 1300. The van der Waals surface area contributed by atoms with Crippen LogP contribution < -0.4 is 14.2 Å². The lowest BCUT2D eigenvalue weighted by Gasteiger charge is -2.26. The van der Waals surface area contributed by atoms with Crippen molar-refractivity contribution >= 4 is 17.4 Å². The molecule has 1 atom stereocenters. The average Bonchev–Trinajstić information content (AvgIpc) is 3.14. The molecule has 1 unspecified atom stereocenters. The summed E-state index contributed by atoms with van der Waals surface area (Å²) in [5.74, 6) is 0.128. The fourth-order valence-corrected chi connectivity index (χ4v) is 4.27. The van der Waals surface area contributed by atoms with E-state index in [-0.39, 0.29) is 24.0 Å². The Morgan fingerprint density at radius 2 is 1.53 bits per heavy atom. The Kier molecular flexibility index (Phi) is 7.29. The Labute approximate surface area is 210 Å². The quantitative estimate of drug-likeness (QED) is 0.270. The van der Waals surface area contributed by atoms with Crippen LogP contribution in [0, 0.1) is 0 Å². The van der Waals surface area contributed by atoms with Gasteiger partial charge in [-0.25, -0.2) is 0 Å². The summed E-state index contributed by atoms with van der Waals surface area (Å²) in [6, 6.07) is 20.5. The third-order valence-corrected chi connectivity index (χ3v) is 5.94. The van der Waals surface area contributed by atoms with Crippen molar-refractivity contribution in [3.05, 3.63) is 95.1 Å². The minimum Gasteiger partial charge on any atom is -0.507 e. The number of aliphatic hydroxyl groups excluding tert-OH is 1. The summed E-state index contributed by atoms with van der Waals surface area (Å²) in [6.07, 6.45) is 0.0401. The number of carbonyl (C=O) groups excluding carboxylic acids is 2. The number of hydrogen-bond acceptors (Lipinski definition) is 6. The predicted octanol–water partition coefficient (Wildman–Crippen LogP) is 5.11. The van der Waals surface area contributed by atoms with Crippen LogP contribution in [0.25, 0.3) is 5.76 Å². The van der Waals surface area contributed by atoms with Crippen molar-refractivity contribution < 1.29 is 28.9 Å². The molecule has 0 radical (unpaired) electrons. The van der Waals surface area contributed by atoms with E-state index in [4.69, 9.17) is 14.2 Å². The van der Waals surface area contributed by atoms with Gasteiger partial charge in [-0.15, -0.1) is 0 Å². The van der Waals surface area contributed by atoms with Gasteiger partial charge in [0.2, 0.25) is 0 Å². The number of hydrogen-bond donors (Lipinski definition) is 1. The Balaban J connectivity index is 1.80. The number of nitrogens with zero attached hydrogens (tertiary/aromatic N) is 1. The molecule has 4 rings (SSSR count). The molecule has 0 spiro atoms. The van der Waals surface area contributed by atoms with Gasteiger partial charge in [-0.1, -0.05) is 36.4 Å². The molecule has 0 bridgehead atoms. The zero-order chi connectivity index (χ0) is 25.8. The molecule has 1 fully saturated rings. The van der Waals surface area contributed by atoms with Gasteiger partial charge in [0.1, 0.15) is 23.0 Å². The molecule has 186 valence electrons. The van der Waals surface area contributed by atoms with Crippen molar-refractivity contribution in [3.63, 3.8) is 0 Å². The smallest absolute Gasteiger partial charge is 0.295 e.